The number of carbonyl (C=O) groups excluding carboxylic acids is 2. The van der Waals surface area contributed by atoms with E-state index in [4.69, 9.17) is 0 Å². The minimum atomic E-state index is -0.359. The van der Waals surface area contributed by atoms with Gasteiger partial charge in [0.05, 0.1) is 0 Å². The molecule has 0 aromatic heterocycles. The molecule has 2 amide bonds. The molecule has 0 aliphatic rings. The van der Waals surface area contributed by atoms with E-state index in [2.05, 4.69) is 29.7 Å². The summed E-state index contributed by atoms with van der Waals surface area (Å²) >= 11 is 0. The molecule has 0 fully saturated rings. The number of rotatable bonds is 5. The van der Waals surface area contributed by atoms with Gasteiger partial charge in [-0.3, -0.25) is 9.59 Å². The number of aryl methyl sites for hydroxylation is 2. The second-order valence-corrected chi connectivity index (χ2v) is 6.57. The van der Waals surface area contributed by atoms with Crippen LogP contribution in [0.15, 0.2) is 84.9 Å². The fraction of sp³-hybridized carbons (Fsp3) is 0.0833. The molecule has 0 saturated carbocycles. The van der Waals surface area contributed by atoms with E-state index >= 15 is 0 Å². The summed E-state index contributed by atoms with van der Waals surface area (Å²) in [6, 6.07) is 23.2. The Morgan fingerprint density at radius 2 is 1.18 bits per heavy atom. The maximum atomic E-state index is 12.0. The third kappa shape index (κ3) is 5.17. The Hall–Kier alpha value is -3.66. The average Bonchev–Trinajstić information content (AvgIpc) is 2.69. The number of nitrogens with one attached hydrogen (secondary N) is 2. The Kier molecular flexibility index (Phi) is 6.02. The predicted octanol–water partition coefficient (Wildman–Crippen LogP) is 5.10. The SMILES string of the molecule is Cc1ccc(NC(=O)/C=C\C(=O)Nc2ccc(-c3ccccc3C)cc2)cc1. The number of anilines is 2. The van der Waals surface area contributed by atoms with Crippen molar-refractivity contribution in [3.8, 4) is 11.1 Å². The molecule has 28 heavy (non-hydrogen) atoms. The zero-order chi connectivity index (χ0) is 19.9. The number of carbonyl (C=O) groups is 2. The molecule has 0 radical (unpaired) electrons. The monoisotopic (exact) mass is 370 g/mol. The van der Waals surface area contributed by atoms with Crippen LogP contribution >= 0.6 is 0 Å². The second-order valence-electron chi connectivity index (χ2n) is 6.57. The van der Waals surface area contributed by atoms with E-state index in [1.165, 1.54) is 17.7 Å². The first kappa shape index (κ1) is 19.1. The van der Waals surface area contributed by atoms with Gasteiger partial charge in [0.1, 0.15) is 0 Å². The highest BCUT2D eigenvalue weighted by Crippen LogP contribution is 2.24. The summed E-state index contributed by atoms with van der Waals surface area (Å²) in [5.41, 5.74) is 5.92. The fourth-order valence-electron chi connectivity index (χ4n) is 2.79. The third-order valence-electron chi connectivity index (χ3n) is 4.31. The summed E-state index contributed by atoms with van der Waals surface area (Å²) in [6.07, 6.45) is 2.44. The molecule has 3 aromatic rings. The summed E-state index contributed by atoms with van der Waals surface area (Å²) in [6.45, 7) is 4.04. The summed E-state index contributed by atoms with van der Waals surface area (Å²) in [4.78, 5) is 24.0. The van der Waals surface area contributed by atoms with Gasteiger partial charge in [-0.05, 0) is 54.8 Å². The molecule has 2 N–H and O–H groups in total. The number of amides is 2. The first-order chi connectivity index (χ1) is 13.5. The second kappa shape index (κ2) is 8.82. The van der Waals surface area contributed by atoms with Crippen LogP contribution in [0.4, 0.5) is 11.4 Å². The average molecular weight is 370 g/mol. The van der Waals surface area contributed by atoms with Gasteiger partial charge in [0, 0.05) is 23.5 Å². The van der Waals surface area contributed by atoms with Crippen LogP contribution in [0.1, 0.15) is 11.1 Å². The molecule has 0 spiro atoms. The van der Waals surface area contributed by atoms with Gasteiger partial charge in [-0.1, -0.05) is 54.1 Å². The molecule has 4 nitrogen and oxygen atoms in total. The summed E-state index contributed by atoms with van der Waals surface area (Å²) in [7, 11) is 0. The number of benzene rings is 3. The van der Waals surface area contributed by atoms with Crippen LogP contribution in [0.2, 0.25) is 0 Å². The minimum Gasteiger partial charge on any atom is -0.323 e. The van der Waals surface area contributed by atoms with E-state index < -0.39 is 0 Å². The van der Waals surface area contributed by atoms with E-state index in [-0.39, 0.29) is 11.8 Å². The standard InChI is InChI=1S/C24H22N2O2/c1-17-7-11-20(12-8-17)25-23(27)15-16-24(28)26-21-13-9-19(10-14-21)22-6-4-3-5-18(22)2/h3-16H,1-2H3,(H,25,27)(H,26,28)/b16-15-. The fourth-order valence-corrected chi connectivity index (χ4v) is 2.79. The van der Waals surface area contributed by atoms with Crippen molar-refractivity contribution in [2.75, 3.05) is 10.6 Å². The normalized spacial score (nSPS) is 10.6. The molecule has 3 rings (SSSR count). The molecule has 0 atom stereocenters. The molecular formula is C24H22N2O2. The topological polar surface area (TPSA) is 58.2 Å². The Morgan fingerprint density at radius 1 is 0.679 bits per heavy atom. The van der Waals surface area contributed by atoms with Crippen molar-refractivity contribution in [2.24, 2.45) is 0 Å². The van der Waals surface area contributed by atoms with Crippen LogP contribution in [0, 0.1) is 13.8 Å². The third-order valence-corrected chi connectivity index (χ3v) is 4.31. The summed E-state index contributed by atoms with van der Waals surface area (Å²) < 4.78 is 0. The number of hydrogen-bond acceptors (Lipinski definition) is 2. The molecule has 0 aliphatic carbocycles. The molecule has 4 heteroatoms. The highest BCUT2D eigenvalue weighted by Gasteiger charge is 2.03. The van der Waals surface area contributed by atoms with E-state index in [0.717, 1.165) is 16.7 Å². The van der Waals surface area contributed by atoms with Crippen LogP contribution in [0.5, 0.6) is 0 Å². The molecule has 140 valence electrons. The van der Waals surface area contributed by atoms with Gasteiger partial charge in [-0.25, -0.2) is 0 Å². The lowest BCUT2D eigenvalue weighted by Crippen LogP contribution is -2.12. The van der Waals surface area contributed by atoms with Crippen LogP contribution in [-0.4, -0.2) is 11.8 Å². The zero-order valence-corrected chi connectivity index (χ0v) is 15.9. The smallest absolute Gasteiger partial charge is 0.248 e. The van der Waals surface area contributed by atoms with Crippen LogP contribution < -0.4 is 10.6 Å². The van der Waals surface area contributed by atoms with Crippen molar-refractivity contribution < 1.29 is 9.59 Å². The Labute approximate surface area is 164 Å². The Bertz CT molecular complexity index is 1000. The number of hydrogen-bond donors (Lipinski definition) is 2. The lowest BCUT2D eigenvalue weighted by Gasteiger charge is -2.07. The minimum absolute atomic E-state index is 0.353. The molecule has 0 saturated heterocycles. The van der Waals surface area contributed by atoms with Crippen molar-refractivity contribution >= 4 is 23.2 Å². The quantitative estimate of drug-likeness (QED) is 0.614. The van der Waals surface area contributed by atoms with E-state index in [1.54, 1.807) is 0 Å². The Morgan fingerprint density at radius 3 is 1.71 bits per heavy atom. The van der Waals surface area contributed by atoms with Gasteiger partial charge >= 0.3 is 0 Å². The largest absolute Gasteiger partial charge is 0.323 e. The van der Waals surface area contributed by atoms with Gasteiger partial charge in [0.2, 0.25) is 11.8 Å². The van der Waals surface area contributed by atoms with Crippen molar-refractivity contribution in [2.45, 2.75) is 13.8 Å². The highest BCUT2D eigenvalue weighted by molar-refractivity contribution is 6.06. The van der Waals surface area contributed by atoms with Crippen molar-refractivity contribution in [1.29, 1.82) is 0 Å². The molecule has 0 bridgehead atoms. The van der Waals surface area contributed by atoms with Crippen molar-refractivity contribution in [1.82, 2.24) is 0 Å². The van der Waals surface area contributed by atoms with Gasteiger partial charge in [0.25, 0.3) is 0 Å². The van der Waals surface area contributed by atoms with Crippen LogP contribution in [0.25, 0.3) is 11.1 Å². The van der Waals surface area contributed by atoms with E-state index in [9.17, 15) is 9.59 Å². The van der Waals surface area contributed by atoms with Gasteiger partial charge in [-0.2, -0.15) is 0 Å². The van der Waals surface area contributed by atoms with Crippen LogP contribution in [-0.2, 0) is 9.59 Å². The van der Waals surface area contributed by atoms with E-state index in [1.807, 2.05) is 67.6 Å². The Balaban J connectivity index is 1.57. The first-order valence-corrected chi connectivity index (χ1v) is 9.04. The molecular weight excluding hydrogens is 348 g/mol. The maximum Gasteiger partial charge on any atom is 0.248 e. The summed E-state index contributed by atoms with van der Waals surface area (Å²) in [5, 5.41) is 5.47. The molecule has 3 aromatic carbocycles. The van der Waals surface area contributed by atoms with E-state index in [0.29, 0.717) is 11.4 Å². The van der Waals surface area contributed by atoms with Crippen LogP contribution in [0.3, 0.4) is 0 Å². The van der Waals surface area contributed by atoms with Gasteiger partial charge in [0.15, 0.2) is 0 Å². The van der Waals surface area contributed by atoms with Crippen molar-refractivity contribution in [3.05, 3.63) is 96.1 Å². The van der Waals surface area contributed by atoms with Gasteiger partial charge < -0.3 is 10.6 Å². The zero-order valence-electron chi connectivity index (χ0n) is 15.9. The molecule has 0 unspecified atom stereocenters. The lowest BCUT2D eigenvalue weighted by molar-refractivity contribution is -0.114. The molecule has 0 heterocycles. The predicted molar refractivity (Wildman–Crippen MR) is 114 cm³/mol. The molecule has 0 aliphatic heterocycles. The summed E-state index contributed by atoms with van der Waals surface area (Å²) in [5.74, 6) is -0.711. The first-order valence-electron chi connectivity index (χ1n) is 9.04. The lowest BCUT2D eigenvalue weighted by atomic mass is 10.0. The van der Waals surface area contributed by atoms with Gasteiger partial charge in [-0.15, -0.1) is 0 Å². The highest BCUT2D eigenvalue weighted by atomic mass is 16.2. The van der Waals surface area contributed by atoms with Crippen molar-refractivity contribution in [3.63, 3.8) is 0 Å². The maximum absolute atomic E-state index is 12.0.